The second kappa shape index (κ2) is 4.38. The summed E-state index contributed by atoms with van der Waals surface area (Å²) >= 11 is 0. The van der Waals surface area contributed by atoms with Crippen LogP contribution in [0.3, 0.4) is 0 Å². The van der Waals surface area contributed by atoms with Crippen LogP contribution in [0.2, 0.25) is 0 Å². The third-order valence-corrected chi connectivity index (χ3v) is 1.82. The largest absolute Gasteiger partial charge is 0.315 e. The molecule has 1 rings (SSSR count). The average Bonchev–Trinajstić information content (AvgIpc) is 2.18. The van der Waals surface area contributed by atoms with E-state index in [1.807, 2.05) is 0 Å². The van der Waals surface area contributed by atoms with Gasteiger partial charge in [0.2, 0.25) is 5.91 Å². The Hall–Kier alpha value is -1.89. The summed E-state index contributed by atoms with van der Waals surface area (Å²) in [7, 11) is 1.55. The van der Waals surface area contributed by atoms with Gasteiger partial charge in [-0.05, 0) is 24.3 Å². The molecule has 14 heavy (non-hydrogen) atoms. The van der Waals surface area contributed by atoms with Crippen LogP contribution in [0.25, 0.3) is 0 Å². The molecule has 0 fully saturated rings. The number of hydrogen-bond acceptors (Lipinski definition) is 2. The van der Waals surface area contributed by atoms with Gasteiger partial charge in [0.15, 0.2) is 0 Å². The van der Waals surface area contributed by atoms with Gasteiger partial charge in [-0.3, -0.25) is 4.79 Å². The van der Waals surface area contributed by atoms with Crippen LogP contribution in [0.15, 0.2) is 24.3 Å². The van der Waals surface area contributed by atoms with Crippen LogP contribution in [-0.4, -0.2) is 13.0 Å². The molecule has 0 aliphatic heterocycles. The molecule has 1 aromatic carbocycles. The molecular formula is C10H9FN2O. The van der Waals surface area contributed by atoms with E-state index in [-0.39, 0.29) is 18.1 Å². The van der Waals surface area contributed by atoms with E-state index in [4.69, 9.17) is 5.26 Å². The van der Waals surface area contributed by atoms with Crippen molar-refractivity contribution in [3.05, 3.63) is 30.1 Å². The van der Waals surface area contributed by atoms with Crippen LogP contribution in [-0.2, 0) is 4.79 Å². The zero-order valence-corrected chi connectivity index (χ0v) is 7.70. The van der Waals surface area contributed by atoms with Crippen molar-refractivity contribution >= 4 is 11.6 Å². The van der Waals surface area contributed by atoms with E-state index in [2.05, 4.69) is 0 Å². The van der Waals surface area contributed by atoms with Crippen LogP contribution in [0.1, 0.15) is 6.42 Å². The van der Waals surface area contributed by atoms with E-state index >= 15 is 0 Å². The number of benzene rings is 1. The Morgan fingerprint density at radius 1 is 1.50 bits per heavy atom. The van der Waals surface area contributed by atoms with Crippen molar-refractivity contribution in [3.63, 3.8) is 0 Å². The monoisotopic (exact) mass is 192 g/mol. The summed E-state index contributed by atoms with van der Waals surface area (Å²) in [6.07, 6.45) is -0.173. The summed E-state index contributed by atoms with van der Waals surface area (Å²) in [6.45, 7) is 0. The van der Waals surface area contributed by atoms with Gasteiger partial charge in [-0.2, -0.15) is 5.26 Å². The van der Waals surface area contributed by atoms with E-state index in [9.17, 15) is 9.18 Å². The highest BCUT2D eigenvalue weighted by Crippen LogP contribution is 2.13. The van der Waals surface area contributed by atoms with Gasteiger partial charge in [-0.15, -0.1) is 0 Å². The standard InChI is InChI=1S/C10H9FN2O/c1-13(10(14)6-7-12)9-4-2-8(11)3-5-9/h2-5H,6H2,1H3. The fraction of sp³-hybridized carbons (Fsp3) is 0.200. The van der Waals surface area contributed by atoms with E-state index in [1.165, 1.54) is 29.2 Å². The molecule has 0 saturated heterocycles. The van der Waals surface area contributed by atoms with Crippen LogP contribution in [0.4, 0.5) is 10.1 Å². The van der Waals surface area contributed by atoms with Gasteiger partial charge in [-0.1, -0.05) is 0 Å². The summed E-state index contributed by atoms with van der Waals surface area (Å²) in [5, 5.41) is 8.32. The third-order valence-electron chi connectivity index (χ3n) is 1.82. The number of anilines is 1. The van der Waals surface area contributed by atoms with E-state index in [0.717, 1.165) is 0 Å². The number of carbonyl (C=O) groups excluding carboxylic acids is 1. The molecule has 0 unspecified atom stereocenters. The number of rotatable bonds is 2. The number of halogens is 1. The van der Waals surface area contributed by atoms with Crippen molar-refractivity contribution < 1.29 is 9.18 Å². The minimum atomic E-state index is -0.352. The third kappa shape index (κ3) is 2.30. The molecule has 0 aromatic heterocycles. The van der Waals surface area contributed by atoms with E-state index in [1.54, 1.807) is 13.1 Å². The predicted octanol–water partition coefficient (Wildman–Crippen LogP) is 1.70. The van der Waals surface area contributed by atoms with E-state index < -0.39 is 0 Å². The van der Waals surface area contributed by atoms with Crippen molar-refractivity contribution in [2.24, 2.45) is 0 Å². The van der Waals surface area contributed by atoms with Crippen LogP contribution in [0.5, 0.6) is 0 Å². The van der Waals surface area contributed by atoms with Gasteiger partial charge >= 0.3 is 0 Å². The maximum Gasteiger partial charge on any atom is 0.240 e. The maximum absolute atomic E-state index is 12.5. The average molecular weight is 192 g/mol. The number of amides is 1. The second-order valence-corrected chi connectivity index (χ2v) is 2.76. The topological polar surface area (TPSA) is 44.1 Å². The summed E-state index contributed by atoms with van der Waals surface area (Å²) < 4.78 is 12.5. The summed E-state index contributed by atoms with van der Waals surface area (Å²) in [5.74, 6) is -0.658. The highest BCUT2D eigenvalue weighted by Gasteiger charge is 2.09. The maximum atomic E-state index is 12.5. The van der Waals surface area contributed by atoms with Gasteiger partial charge in [0.05, 0.1) is 6.07 Å². The lowest BCUT2D eigenvalue weighted by atomic mass is 10.2. The Kier molecular flexibility index (Phi) is 3.19. The number of nitrogens with zero attached hydrogens (tertiary/aromatic N) is 2. The Morgan fingerprint density at radius 2 is 2.07 bits per heavy atom. The first-order valence-electron chi connectivity index (χ1n) is 4.04. The molecule has 0 radical (unpaired) electrons. The van der Waals surface area contributed by atoms with Crippen molar-refractivity contribution in [2.45, 2.75) is 6.42 Å². The molecule has 1 amide bonds. The molecular weight excluding hydrogens is 183 g/mol. The highest BCUT2D eigenvalue weighted by molar-refractivity contribution is 5.93. The number of carbonyl (C=O) groups is 1. The van der Waals surface area contributed by atoms with Gasteiger partial charge in [0.1, 0.15) is 12.2 Å². The smallest absolute Gasteiger partial charge is 0.240 e. The molecule has 0 aliphatic rings. The van der Waals surface area contributed by atoms with Crippen molar-refractivity contribution in [1.29, 1.82) is 5.26 Å². The zero-order valence-electron chi connectivity index (χ0n) is 7.70. The molecule has 72 valence electrons. The van der Waals surface area contributed by atoms with Gasteiger partial charge in [0, 0.05) is 12.7 Å². The zero-order chi connectivity index (χ0) is 10.6. The molecule has 0 saturated carbocycles. The fourth-order valence-electron chi connectivity index (χ4n) is 0.995. The second-order valence-electron chi connectivity index (χ2n) is 2.76. The predicted molar refractivity (Wildman–Crippen MR) is 50.0 cm³/mol. The molecule has 0 N–H and O–H groups in total. The molecule has 0 bridgehead atoms. The first kappa shape index (κ1) is 10.2. The lowest BCUT2D eigenvalue weighted by Gasteiger charge is -2.15. The minimum Gasteiger partial charge on any atom is -0.315 e. The minimum absolute atomic E-state index is 0.173. The molecule has 1 aromatic rings. The lowest BCUT2D eigenvalue weighted by Crippen LogP contribution is -2.25. The lowest BCUT2D eigenvalue weighted by molar-refractivity contribution is -0.117. The van der Waals surface area contributed by atoms with E-state index in [0.29, 0.717) is 5.69 Å². The molecule has 4 heteroatoms. The molecule has 0 aliphatic carbocycles. The van der Waals surface area contributed by atoms with Gasteiger partial charge in [-0.25, -0.2) is 4.39 Å². The molecule has 0 atom stereocenters. The van der Waals surface area contributed by atoms with Crippen molar-refractivity contribution in [2.75, 3.05) is 11.9 Å². The Labute approximate surface area is 81.4 Å². The van der Waals surface area contributed by atoms with Gasteiger partial charge in [0.25, 0.3) is 0 Å². The fourth-order valence-corrected chi connectivity index (χ4v) is 0.995. The summed E-state index contributed by atoms with van der Waals surface area (Å²) in [5.41, 5.74) is 0.576. The van der Waals surface area contributed by atoms with Crippen LogP contribution in [0, 0.1) is 17.1 Å². The van der Waals surface area contributed by atoms with Crippen LogP contribution < -0.4 is 4.90 Å². The highest BCUT2D eigenvalue weighted by atomic mass is 19.1. The van der Waals surface area contributed by atoms with Crippen molar-refractivity contribution in [1.82, 2.24) is 0 Å². The van der Waals surface area contributed by atoms with Crippen LogP contribution >= 0.6 is 0 Å². The van der Waals surface area contributed by atoms with Gasteiger partial charge < -0.3 is 4.90 Å². The Bertz CT molecular complexity index is 367. The first-order chi connectivity index (χ1) is 6.65. The first-order valence-corrected chi connectivity index (χ1v) is 4.04. The normalized spacial score (nSPS) is 9.21. The SMILES string of the molecule is CN(C(=O)CC#N)c1ccc(F)cc1. The summed E-state index contributed by atoms with van der Waals surface area (Å²) in [4.78, 5) is 12.6. The van der Waals surface area contributed by atoms with Crippen molar-refractivity contribution in [3.8, 4) is 6.07 Å². The Balaban J connectivity index is 2.80. The summed E-state index contributed by atoms with van der Waals surface area (Å²) in [6, 6.07) is 7.28. The molecule has 0 spiro atoms. The number of hydrogen-bond donors (Lipinski definition) is 0. The molecule has 3 nitrogen and oxygen atoms in total. The Morgan fingerprint density at radius 3 is 2.57 bits per heavy atom. The number of nitriles is 1. The quantitative estimate of drug-likeness (QED) is 0.715. The molecule has 0 heterocycles.